The molecule has 0 aliphatic heterocycles. The Kier molecular flexibility index (Phi) is 2.83. The summed E-state index contributed by atoms with van der Waals surface area (Å²) in [5.41, 5.74) is 1.33. The van der Waals surface area contributed by atoms with E-state index in [1.54, 1.807) is 24.3 Å². The smallest absolute Gasteiger partial charge is 0.115 e. The van der Waals surface area contributed by atoms with Gasteiger partial charge < -0.3 is 10.2 Å². The fourth-order valence-electron chi connectivity index (χ4n) is 2.90. The minimum atomic E-state index is -0.839. The van der Waals surface area contributed by atoms with Crippen molar-refractivity contribution in [2.24, 2.45) is 5.92 Å². The summed E-state index contributed by atoms with van der Waals surface area (Å²) >= 11 is 0. The largest absolute Gasteiger partial charge is 0.508 e. The molecule has 1 aliphatic carbocycles. The van der Waals surface area contributed by atoms with Crippen molar-refractivity contribution in [3.05, 3.63) is 65.7 Å². The van der Waals surface area contributed by atoms with Gasteiger partial charge in [0.25, 0.3) is 0 Å². The summed E-state index contributed by atoms with van der Waals surface area (Å²) in [7, 11) is 0. The second-order valence-electron chi connectivity index (χ2n) is 5.55. The Balaban J connectivity index is 1.82. The monoisotopic (exact) mass is 254 g/mol. The van der Waals surface area contributed by atoms with Crippen LogP contribution in [-0.2, 0) is 5.60 Å². The Morgan fingerprint density at radius 1 is 1.00 bits per heavy atom. The topological polar surface area (TPSA) is 40.5 Å². The average molecular weight is 254 g/mol. The Bertz CT molecular complexity index is 558. The van der Waals surface area contributed by atoms with Crippen molar-refractivity contribution in [1.29, 1.82) is 0 Å². The van der Waals surface area contributed by atoms with Crippen molar-refractivity contribution in [3.63, 3.8) is 0 Å². The van der Waals surface area contributed by atoms with E-state index in [9.17, 15) is 10.2 Å². The minimum Gasteiger partial charge on any atom is -0.508 e. The first-order valence-corrected chi connectivity index (χ1v) is 6.66. The normalized spacial score (nSPS) is 24.7. The van der Waals surface area contributed by atoms with Gasteiger partial charge in [-0.15, -0.1) is 0 Å². The summed E-state index contributed by atoms with van der Waals surface area (Å²) < 4.78 is 0. The van der Waals surface area contributed by atoms with Crippen molar-refractivity contribution < 1.29 is 10.2 Å². The highest BCUT2D eigenvalue weighted by atomic mass is 16.3. The molecule has 1 aliphatic rings. The Morgan fingerprint density at radius 3 is 2.26 bits per heavy atom. The highest BCUT2D eigenvalue weighted by molar-refractivity contribution is 5.34. The van der Waals surface area contributed by atoms with Crippen LogP contribution < -0.4 is 0 Å². The average Bonchev–Trinajstić information content (AvgIpc) is 3.21. The molecule has 0 amide bonds. The van der Waals surface area contributed by atoms with E-state index in [-0.39, 0.29) is 11.7 Å². The van der Waals surface area contributed by atoms with E-state index in [1.807, 2.05) is 25.1 Å². The third-order valence-electron chi connectivity index (χ3n) is 4.19. The van der Waals surface area contributed by atoms with Gasteiger partial charge in [-0.3, -0.25) is 0 Å². The number of aromatic hydroxyl groups is 1. The number of benzene rings is 2. The van der Waals surface area contributed by atoms with Crippen molar-refractivity contribution in [3.8, 4) is 5.75 Å². The minimum absolute atomic E-state index is 0.231. The Labute approximate surface area is 113 Å². The van der Waals surface area contributed by atoms with Gasteiger partial charge in [0.15, 0.2) is 0 Å². The number of hydrogen-bond donors (Lipinski definition) is 2. The molecule has 0 saturated heterocycles. The molecule has 1 saturated carbocycles. The van der Waals surface area contributed by atoms with Gasteiger partial charge in [0, 0.05) is 0 Å². The molecule has 2 aromatic rings. The summed E-state index contributed by atoms with van der Waals surface area (Å²) in [5.74, 6) is 0.916. The Hall–Kier alpha value is -1.80. The first-order chi connectivity index (χ1) is 9.09. The van der Waals surface area contributed by atoms with Gasteiger partial charge in [-0.05, 0) is 48.4 Å². The van der Waals surface area contributed by atoms with Crippen LogP contribution in [0.5, 0.6) is 5.75 Å². The summed E-state index contributed by atoms with van der Waals surface area (Å²) in [6, 6.07) is 17.2. The first kappa shape index (κ1) is 12.2. The predicted molar refractivity (Wildman–Crippen MR) is 75.0 cm³/mol. The van der Waals surface area contributed by atoms with Crippen LogP contribution in [0.1, 0.15) is 30.4 Å². The van der Waals surface area contributed by atoms with Crippen LogP contribution in [0, 0.1) is 5.92 Å². The number of aliphatic hydroxyl groups is 1. The van der Waals surface area contributed by atoms with Crippen LogP contribution in [0.2, 0.25) is 0 Å². The van der Waals surface area contributed by atoms with Crippen LogP contribution in [0.15, 0.2) is 54.6 Å². The highest BCUT2D eigenvalue weighted by Crippen LogP contribution is 2.56. The van der Waals surface area contributed by atoms with Crippen LogP contribution in [-0.4, -0.2) is 10.2 Å². The number of hydrogen-bond acceptors (Lipinski definition) is 2. The maximum Gasteiger partial charge on any atom is 0.115 e. The van der Waals surface area contributed by atoms with E-state index in [1.165, 1.54) is 5.56 Å². The molecule has 3 rings (SSSR count). The van der Waals surface area contributed by atoms with E-state index < -0.39 is 5.60 Å². The molecular formula is C17H18O2. The summed E-state index contributed by atoms with van der Waals surface area (Å²) in [4.78, 5) is 0. The van der Waals surface area contributed by atoms with Crippen molar-refractivity contribution in [2.75, 3.05) is 0 Å². The molecule has 0 radical (unpaired) electrons. The lowest BCUT2D eigenvalue weighted by Crippen LogP contribution is -2.24. The molecule has 3 atom stereocenters. The van der Waals surface area contributed by atoms with E-state index >= 15 is 0 Å². The van der Waals surface area contributed by atoms with Crippen LogP contribution in [0.25, 0.3) is 0 Å². The SMILES string of the molecule is CC(O)(c1ccc(O)cc1)C1CC1c1ccccc1. The van der Waals surface area contributed by atoms with Gasteiger partial charge in [0.2, 0.25) is 0 Å². The fraction of sp³-hybridized carbons (Fsp3) is 0.294. The molecule has 2 aromatic carbocycles. The molecule has 0 heterocycles. The third kappa shape index (κ3) is 2.24. The lowest BCUT2D eigenvalue weighted by atomic mass is 9.88. The van der Waals surface area contributed by atoms with Gasteiger partial charge in [-0.1, -0.05) is 42.5 Å². The molecular weight excluding hydrogens is 236 g/mol. The van der Waals surface area contributed by atoms with Gasteiger partial charge in [0.05, 0.1) is 5.60 Å². The van der Waals surface area contributed by atoms with E-state index in [0.29, 0.717) is 5.92 Å². The molecule has 2 nitrogen and oxygen atoms in total. The zero-order valence-electron chi connectivity index (χ0n) is 11.0. The van der Waals surface area contributed by atoms with Crippen LogP contribution in [0.3, 0.4) is 0 Å². The summed E-state index contributed by atoms with van der Waals surface area (Å²) in [6.45, 7) is 1.87. The zero-order chi connectivity index (χ0) is 13.5. The van der Waals surface area contributed by atoms with E-state index in [2.05, 4.69) is 12.1 Å². The number of phenolic OH excluding ortho intramolecular Hbond substituents is 1. The van der Waals surface area contributed by atoms with Gasteiger partial charge in [-0.25, -0.2) is 0 Å². The number of rotatable bonds is 3. The van der Waals surface area contributed by atoms with Gasteiger partial charge in [0.1, 0.15) is 5.75 Å². The lowest BCUT2D eigenvalue weighted by molar-refractivity contribution is 0.0309. The first-order valence-electron chi connectivity index (χ1n) is 6.66. The van der Waals surface area contributed by atoms with Crippen LogP contribution in [0.4, 0.5) is 0 Å². The molecule has 1 fully saturated rings. The quantitative estimate of drug-likeness (QED) is 0.881. The van der Waals surface area contributed by atoms with E-state index in [0.717, 1.165) is 12.0 Å². The maximum atomic E-state index is 10.8. The van der Waals surface area contributed by atoms with Gasteiger partial charge in [-0.2, -0.15) is 0 Å². The second kappa shape index (κ2) is 4.39. The summed E-state index contributed by atoms with van der Waals surface area (Å²) in [6.07, 6.45) is 1.01. The second-order valence-corrected chi connectivity index (χ2v) is 5.55. The number of phenols is 1. The van der Waals surface area contributed by atoms with Crippen molar-refractivity contribution in [1.82, 2.24) is 0 Å². The molecule has 2 N–H and O–H groups in total. The molecule has 0 spiro atoms. The zero-order valence-corrected chi connectivity index (χ0v) is 11.0. The summed E-state index contributed by atoms with van der Waals surface area (Å²) in [5, 5.41) is 20.1. The van der Waals surface area contributed by atoms with Crippen molar-refractivity contribution >= 4 is 0 Å². The van der Waals surface area contributed by atoms with Crippen molar-refractivity contribution in [2.45, 2.75) is 24.9 Å². The lowest BCUT2D eigenvalue weighted by Gasteiger charge is -2.24. The molecule has 98 valence electrons. The molecule has 19 heavy (non-hydrogen) atoms. The standard InChI is InChI=1S/C17H18O2/c1-17(19,13-7-9-14(18)10-8-13)16-11-15(16)12-5-3-2-4-6-12/h2-10,15-16,18-19H,11H2,1H3. The molecule has 0 aromatic heterocycles. The predicted octanol–water partition coefficient (Wildman–Crippen LogP) is 3.40. The van der Waals surface area contributed by atoms with Gasteiger partial charge >= 0.3 is 0 Å². The maximum absolute atomic E-state index is 10.8. The third-order valence-corrected chi connectivity index (χ3v) is 4.19. The molecule has 2 heteroatoms. The highest BCUT2D eigenvalue weighted by Gasteiger charge is 2.50. The fourth-order valence-corrected chi connectivity index (χ4v) is 2.90. The molecule has 3 unspecified atom stereocenters. The van der Waals surface area contributed by atoms with E-state index in [4.69, 9.17) is 0 Å². The van der Waals surface area contributed by atoms with Crippen LogP contribution >= 0.6 is 0 Å². The Morgan fingerprint density at radius 2 is 1.63 bits per heavy atom. The molecule has 0 bridgehead atoms.